The first-order valence-electron chi connectivity index (χ1n) is 10.6. The first-order valence-corrected chi connectivity index (χ1v) is 12.8. The summed E-state index contributed by atoms with van der Waals surface area (Å²) in [5.41, 5.74) is 10.6. The molecule has 18 heteroatoms. The number of alkyl halides is 3. The van der Waals surface area contributed by atoms with Crippen molar-refractivity contribution < 1.29 is 50.5 Å². The van der Waals surface area contributed by atoms with Crippen LogP contribution in [0, 0.1) is 0 Å². The summed E-state index contributed by atoms with van der Waals surface area (Å²) in [6.45, 7) is 0.400. The van der Waals surface area contributed by atoms with E-state index < -0.39 is 45.5 Å². The van der Waals surface area contributed by atoms with Crippen molar-refractivity contribution in [3.05, 3.63) is 58.1 Å². The average Bonchev–Trinajstić information content (AvgIpc) is 2.83. The normalized spacial score (nSPS) is 12.2. The van der Waals surface area contributed by atoms with E-state index in [0.717, 1.165) is 12.1 Å². The number of nitrogens with zero attached hydrogens (tertiary/aromatic N) is 1. The standard InChI is InChI=1S/C21H21Cl2F3N4O8S/c22-13-9-14(23)11-16(10-13)39(33,34)30-17(18(31)37-38-19(32)21(24,25)26)8-12-2-4-15(5-3-12)35-6-1-7-36-29-20(27)28/h2-5,9-11,17,30H,1,6-8H2,(H4,27,28,29)/t17-/m0/s1. The Morgan fingerprint density at radius 2 is 1.62 bits per heavy atom. The highest BCUT2D eigenvalue weighted by Crippen LogP contribution is 2.23. The molecule has 2 aromatic carbocycles. The maximum Gasteiger partial charge on any atom is 0.495 e. The highest BCUT2D eigenvalue weighted by molar-refractivity contribution is 7.89. The zero-order chi connectivity index (χ0) is 29.2. The van der Waals surface area contributed by atoms with Gasteiger partial charge in [-0.1, -0.05) is 35.3 Å². The molecular formula is C21H21Cl2F3N4O8S. The Kier molecular flexibility index (Phi) is 11.5. The second-order valence-electron chi connectivity index (χ2n) is 7.45. The molecule has 2 rings (SSSR count). The molecule has 0 aliphatic heterocycles. The van der Waals surface area contributed by atoms with Gasteiger partial charge in [-0.15, -0.1) is 0 Å². The van der Waals surface area contributed by atoms with E-state index in [1.165, 1.54) is 30.3 Å². The number of benzene rings is 2. The third-order valence-electron chi connectivity index (χ3n) is 4.34. The van der Waals surface area contributed by atoms with Gasteiger partial charge in [0.1, 0.15) is 18.4 Å². The van der Waals surface area contributed by atoms with Gasteiger partial charge in [-0.05, 0) is 47.5 Å². The Balaban J connectivity index is 2.14. The number of hydrogen-bond donors (Lipinski definition) is 3. The molecule has 0 amide bonds. The maximum atomic E-state index is 12.8. The zero-order valence-electron chi connectivity index (χ0n) is 19.6. The molecule has 0 saturated carbocycles. The Labute approximate surface area is 229 Å². The van der Waals surface area contributed by atoms with Crippen LogP contribution in [-0.2, 0) is 40.6 Å². The Hall–Kier alpha value is -3.47. The Morgan fingerprint density at radius 3 is 2.18 bits per heavy atom. The van der Waals surface area contributed by atoms with Gasteiger partial charge in [0.15, 0.2) is 0 Å². The zero-order valence-corrected chi connectivity index (χ0v) is 21.9. The first-order chi connectivity index (χ1) is 18.2. The van der Waals surface area contributed by atoms with Gasteiger partial charge in [0.2, 0.25) is 16.0 Å². The number of oxime groups is 1. The Bertz CT molecular complexity index is 1270. The number of carbonyl (C=O) groups is 2. The highest BCUT2D eigenvalue weighted by atomic mass is 35.5. The minimum atomic E-state index is -5.46. The smallest absolute Gasteiger partial charge is 0.493 e. The average molecular weight is 617 g/mol. The molecule has 0 aliphatic carbocycles. The maximum absolute atomic E-state index is 12.8. The van der Waals surface area contributed by atoms with Gasteiger partial charge in [-0.25, -0.2) is 27.8 Å². The van der Waals surface area contributed by atoms with Gasteiger partial charge in [0.25, 0.3) is 0 Å². The van der Waals surface area contributed by atoms with Gasteiger partial charge in [0.05, 0.1) is 11.5 Å². The van der Waals surface area contributed by atoms with Crippen molar-refractivity contribution >= 4 is 51.1 Å². The van der Waals surface area contributed by atoms with E-state index in [9.17, 15) is 31.2 Å². The summed E-state index contributed by atoms with van der Waals surface area (Å²) in [4.78, 5) is 35.2. The number of rotatable bonds is 12. The lowest BCUT2D eigenvalue weighted by molar-refractivity contribution is -0.286. The van der Waals surface area contributed by atoms with Crippen LogP contribution in [0.25, 0.3) is 0 Å². The van der Waals surface area contributed by atoms with Crippen LogP contribution in [0.3, 0.4) is 0 Å². The van der Waals surface area contributed by atoms with Crippen LogP contribution in [0.5, 0.6) is 5.75 Å². The summed E-state index contributed by atoms with van der Waals surface area (Å²) in [6.07, 6.45) is -5.46. The van der Waals surface area contributed by atoms with Crippen molar-refractivity contribution in [2.24, 2.45) is 16.6 Å². The predicted octanol–water partition coefficient (Wildman–Crippen LogP) is 2.42. The highest BCUT2D eigenvalue weighted by Gasteiger charge is 2.43. The molecule has 5 N–H and O–H groups in total. The summed E-state index contributed by atoms with van der Waals surface area (Å²) >= 11 is 11.7. The van der Waals surface area contributed by atoms with Crippen LogP contribution in [0.4, 0.5) is 13.2 Å². The van der Waals surface area contributed by atoms with Crippen molar-refractivity contribution in [3.63, 3.8) is 0 Å². The third-order valence-corrected chi connectivity index (χ3v) is 6.23. The second-order valence-corrected chi connectivity index (χ2v) is 10.0. The van der Waals surface area contributed by atoms with Crippen LogP contribution in [0.1, 0.15) is 12.0 Å². The number of carbonyl (C=O) groups excluding carboxylic acids is 2. The molecule has 0 saturated heterocycles. The summed E-state index contributed by atoms with van der Waals surface area (Å²) in [5, 5.41) is 3.26. The monoisotopic (exact) mass is 616 g/mol. The molecule has 214 valence electrons. The second kappa shape index (κ2) is 14.1. The fourth-order valence-electron chi connectivity index (χ4n) is 2.69. The topological polar surface area (TPSA) is 182 Å². The number of sulfonamides is 1. The molecule has 0 radical (unpaired) electrons. The fraction of sp³-hybridized carbons (Fsp3) is 0.286. The van der Waals surface area contributed by atoms with E-state index in [1.54, 1.807) is 0 Å². The van der Waals surface area contributed by atoms with E-state index in [1.807, 2.05) is 4.72 Å². The quantitative estimate of drug-likeness (QED) is 0.105. The van der Waals surface area contributed by atoms with E-state index in [2.05, 4.69) is 14.9 Å². The number of nitrogens with one attached hydrogen (secondary N) is 1. The van der Waals surface area contributed by atoms with Crippen LogP contribution >= 0.6 is 23.2 Å². The number of ether oxygens (including phenoxy) is 1. The first kappa shape index (κ1) is 31.7. The van der Waals surface area contributed by atoms with Crippen molar-refractivity contribution in [2.45, 2.75) is 30.0 Å². The molecule has 0 fully saturated rings. The van der Waals surface area contributed by atoms with E-state index >= 15 is 0 Å². The van der Waals surface area contributed by atoms with Crippen LogP contribution < -0.4 is 20.9 Å². The largest absolute Gasteiger partial charge is 0.495 e. The van der Waals surface area contributed by atoms with E-state index in [0.29, 0.717) is 17.7 Å². The molecule has 2 aromatic rings. The van der Waals surface area contributed by atoms with Gasteiger partial charge in [-0.2, -0.15) is 17.9 Å². The fourth-order valence-corrected chi connectivity index (χ4v) is 4.60. The Morgan fingerprint density at radius 1 is 1.00 bits per heavy atom. The number of guanidine groups is 1. The minimum Gasteiger partial charge on any atom is -0.493 e. The lowest BCUT2D eigenvalue weighted by atomic mass is 10.1. The molecule has 0 aliphatic rings. The van der Waals surface area contributed by atoms with Gasteiger partial charge >= 0.3 is 18.1 Å². The minimum absolute atomic E-state index is 0.0421. The lowest BCUT2D eigenvalue weighted by Gasteiger charge is -2.17. The molecule has 0 aromatic heterocycles. The molecular weight excluding hydrogens is 596 g/mol. The number of nitrogens with two attached hydrogens (primary N) is 2. The molecule has 0 bridgehead atoms. The van der Waals surface area contributed by atoms with Crippen molar-refractivity contribution in [3.8, 4) is 5.75 Å². The van der Waals surface area contributed by atoms with Crippen molar-refractivity contribution in [2.75, 3.05) is 13.2 Å². The number of hydrogen-bond acceptors (Lipinski definition) is 9. The van der Waals surface area contributed by atoms with Gasteiger partial charge in [0, 0.05) is 16.5 Å². The van der Waals surface area contributed by atoms with E-state index in [4.69, 9.17) is 44.2 Å². The summed E-state index contributed by atoms with van der Waals surface area (Å²) in [6, 6.07) is 7.36. The van der Waals surface area contributed by atoms with Crippen LogP contribution in [-0.4, -0.2) is 51.7 Å². The van der Waals surface area contributed by atoms with Crippen LogP contribution in [0.2, 0.25) is 10.0 Å². The summed E-state index contributed by atoms with van der Waals surface area (Å²) < 4.78 is 70.4. The SMILES string of the molecule is NC(N)=NOCCCOc1ccc(C[C@H](NS(=O)(=O)c2cc(Cl)cc(Cl)c2)C(=O)OOC(=O)C(F)(F)F)cc1. The summed E-state index contributed by atoms with van der Waals surface area (Å²) in [5.74, 6) is -4.28. The van der Waals surface area contributed by atoms with Crippen molar-refractivity contribution in [1.29, 1.82) is 0 Å². The van der Waals surface area contributed by atoms with E-state index in [-0.39, 0.29) is 29.2 Å². The third kappa shape index (κ3) is 11.0. The molecule has 12 nitrogen and oxygen atoms in total. The molecule has 1 atom stereocenters. The molecule has 0 spiro atoms. The van der Waals surface area contributed by atoms with Crippen LogP contribution in [0.15, 0.2) is 52.5 Å². The molecule has 0 unspecified atom stereocenters. The predicted molar refractivity (Wildman–Crippen MR) is 131 cm³/mol. The van der Waals surface area contributed by atoms with Gasteiger partial charge < -0.3 is 21.0 Å². The molecule has 39 heavy (non-hydrogen) atoms. The summed E-state index contributed by atoms with van der Waals surface area (Å²) in [7, 11) is -4.51. The van der Waals surface area contributed by atoms with Gasteiger partial charge in [-0.3, -0.25) is 0 Å². The van der Waals surface area contributed by atoms with Crippen molar-refractivity contribution in [1.82, 2.24) is 4.72 Å². The lowest BCUT2D eigenvalue weighted by Crippen LogP contribution is -2.44. The molecule has 0 heterocycles. The number of halogens is 5.